The van der Waals surface area contributed by atoms with E-state index in [2.05, 4.69) is 4.98 Å². The van der Waals surface area contributed by atoms with Crippen molar-refractivity contribution in [3.8, 4) is 16.9 Å². The summed E-state index contributed by atoms with van der Waals surface area (Å²) in [4.78, 5) is 15.5. The molecule has 1 amide bonds. The van der Waals surface area contributed by atoms with Crippen molar-refractivity contribution < 1.29 is 9.90 Å². The zero-order valence-corrected chi connectivity index (χ0v) is 12.5. The summed E-state index contributed by atoms with van der Waals surface area (Å²) >= 11 is 0. The van der Waals surface area contributed by atoms with Gasteiger partial charge in [0.15, 0.2) is 0 Å². The lowest BCUT2D eigenvalue weighted by Crippen LogP contribution is -2.13. The highest BCUT2D eigenvalue weighted by Gasteiger charge is 2.06. The number of primary amides is 1. The highest BCUT2D eigenvalue weighted by atomic mass is 16.3. The first-order valence-electron chi connectivity index (χ1n) is 7.27. The molecule has 116 valence electrons. The molecule has 0 fully saturated rings. The summed E-state index contributed by atoms with van der Waals surface area (Å²) in [5.41, 5.74) is 9.64. The van der Waals surface area contributed by atoms with Gasteiger partial charge < -0.3 is 15.4 Å². The fourth-order valence-corrected chi connectivity index (χ4v) is 2.47. The number of imidazole rings is 1. The van der Waals surface area contributed by atoms with Crippen molar-refractivity contribution in [3.05, 3.63) is 72.2 Å². The van der Waals surface area contributed by atoms with Crippen molar-refractivity contribution in [2.75, 3.05) is 0 Å². The number of hydrogen-bond acceptors (Lipinski definition) is 3. The van der Waals surface area contributed by atoms with E-state index >= 15 is 0 Å². The normalized spacial score (nSPS) is 10.7. The van der Waals surface area contributed by atoms with Gasteiger partial charge in [0.1, 0.15) is 0 Å². The summed E-state index contributed by atoms with van der Waals surface area (Å²) in [5.74, 6) is -0.353. The fourth-order valence-electron chi connectivity index (χ4n) is 2.47. The van der Waals surface area contributed by atoms with Crippen LogP contribution in [0.3, 0.4) is 0 Å². The molecule has 3 aromatic rings. The van der Waals surface area contributed by atoms with E-state index < -0.39 is 0 Å². The van der Waals surface area contributed by atoms with E-state index in [-0.39, 0.29) is 18.9 Å². The molecule has 23 heavy (non-hydrogen) atoms. The van der Waals surface area contributed by atoms with Gasteiger partial charge in [-0.1, -0.05) is 30.3 Å². The van der Waals surface area contributed by atoms with Gasteiger partial charge in [-0.15, -0.1) is 0 Å². The highest BCUT2D eigenvalue weighted by Crippen LogP contribution is 2.20. The lowest BCUT2D eigenvalue weighted by molar-refractivity contribution is -0.117. The van der Waals surface area contributed by atoms with E-state index in [4.69, 9.17) is 5.73 Å². The molecule has 0 atom stereocenters. The summed E-state index contributed by atoms with van der Waals surface area (Å²) in [5, 5.41) is 9.23. The molecule has 0 bridgehead atoms. The summed E-state index contributed by atoms with van der Waals surface area (Å²) in [6, 6.07) is 15.3. The molecule has 0 saturated heterocycles. The first-order chi connectivity index (χ1) is 11.2. The lowest BCUT2D eigenvalue weighted by atomic mass is 10.1. The third-order valence-electron chi connectivity index (χ3n) is 3.57. The second-order valence-electron chi connectivity index (χ2n) is 5.34. The predicted octanol–water partition coefficient (Wildman–Crippen LogP) is 2.06. The van der Waals surface area contributed by atoms with E-state index in [1.807, 2.05) is 59.3 Å². The topological polar surface area (TPSA) is 81.1 Å². The van der Waals surface area contributed by atoms with Gasteiger partial charge in [-0.3, -0.25) is 4.79 Å². The molecule has 3 rings (SSSR count). The molecule has 0 aliphatic carbocycles. The van der Waals surface area contributed by atoms with Crippen LogP contribution in [0.25, 0.3) is 16.9 Å². The molecule has 0 aliphatic rings. The van der Waals surface area contributed by atoms with Crippen LogP contribution in [0.15, 0.2) is 61.1 Å². The first-order valence-corrected chi connectivity index (χ1v) is 7.27. The van der Waals surface area contributed by atoms with Crippen LogP contribution in [0.1, 0.15) is 11.1 Å². The molecule has 0 spiro atoms. The minimum atomic E-state index is -0.353. The second-order valence-corrected chi connectivity index (χ2v) is 5.34. The Kier molecular flexibility index (Phi) is 4.21. The third-order valence-corrected chi connectivity index (χ3v) is 3.57. The van der Waals surface area contributed by atoms with Crippen LogP contribution in [0, 0.1) is 0 Å². The standard InChI is InChI=1S/C18H17N3O2/c19-18(23)9-13-3-2-6-16(8-13)21-10-17(20-12-21)15-5-1-4-14(7-15)11-22/h1-8,10,12,22H,9,11H2,(H2,19,23). The van der Waals surface area contributed by atoms with E-state index in [1.165, 1.54) is 0 Å². The molecule has 1 aromatic heterocycles. The van der Waals surface area contributed by atoms with Crippen LogP contribution in [-0.2, 0) is 17.8 Å². The summed E-state index contributed by atoms with van der Waals surface area (Å²) < 4.78 is 1.89. The molecule has 0 radical (unpaired) electrons. The minimum Gasteiger partial charge on any atom is -0.392 e. The third kappa shape index (κ3) is 3.46. The van der Waals surface area contributed by atoms with Gasteiger partial charge in [0.25, 0.3) is 0 Å². The molecule has 0 saturated carbocycles. The number of carbonyl (C=O) groups is 1. The summed E-state index contributed by atoms with van der Waals surface area (Å²) in [7, 11) is 0. The van der Waals surface area contributed by atoms with Crippen molar-refractivity contribution in [3.63, 3.8) is 0 Å². The number of hydrogen-bond donors (Lipinski definition) is 2. The maximum Gasteiger partial charge on any atom is 0.221 e. The fraction of sp³-hybridized carbons (Fsp3) is 0.111. The van der Waals surface area contributed by atoms with Crippen LogP contribution in [0.5, 0.6) is 0 Å². The zero-order chi connectivity index (χ0) is 16.2. The van der Waals surface area contributed by atoms with Gasteiger partial charge in [-0.2, -0.15) is 0 Å². The molecule has 1 heterocycles. The molecule has 2 aromatic carbocycles. The second kappa shape index (κ2) is 6.46. The Labute approximate surface area is 134 Å². The Morgan fingerprint density at radius 1 is 1.13 bits per heavy atom. The van der Waals surface area contributed by atoms with Crippen LogP contribution in [0.2, 0.25) is 0 Å². The lowest BCUT2D eigenvalue weighted by Gasteiger charge is -2.04. The molecule has 0 aliphatic heterocycles. The van der Waals surface area contributed by atoms with Crippen LogP contribution in [0.4, 0.5) is 0 Å². The first kappa shape index (κ1) is 15.0. The number of carbonyl (C=O) groups excluding carboxylic acids is 1. The van der Waals surface area contributed by atoms with Crippen molar-refractivity contribution in [1.82, 2.24) is 9.55 Å². The molecule has 5 nitrogen and oxygen atoms in total. The molecular weight excluding hydrogens is 290 g/mol. The van der Waals surface area contributed by atoms with Crippen molar-refractivity contribution >= 4 is 5.91 Å². The summed E-state index contributed by atoms with van der Waals surface area (Å²) in [6.07, 6.45) is 3.86. The van der Waals surface area contributed by atoms with E-state index in [0.717, 1.165) is 28.1 Å². The average molecular weight is 307 g/mol. The Bertz CT molecular complexity index is 840. The van der Waals surface area contributed by atoms with Crippen LogP contribution < -0.4 is 5.73 Å². The van der Waals surface area contributed by atoms with Crippen LogP contribution in [-0.4, -0.2) is 20.6 Å². The van der Waals surface area contributed by atoms with Gasteiger partial charge in [0.2, 0.25) is 5.91 Å². The van der Waals surface area contributed by atoms with Gasteiger partial charge in [-0.25, -0.2) is 4.98 Å². The quantitative estimate of drug-likeness (QED) is 0.757. The minimum absolute atomic E-state index is 0.00368. The van der Waals surface area contributed by atoms with Gasteiger partial charge in [0, 0.05) is 17.4 Å². The van der Waals surface area contributed by atoms with Crippen molar-refractivity contribution in [2.24, 2.45) is 5.73 Å². The number of amides is 1. The zero-order valence-electron chi connectivity index (χ0n) is 12.5. The van der Waals surface area contributed by atoms with Crippen molar-refractivity contribution in [2.45, 2.75) is 13.0 Å². The number of aromatic nitrogens is 2. The van der Waals surface area contributed by atoms with E-state index in [0.29, 0.717) is 0 Å². The molecular formula is C18H17N3O2. The molecule has 3 N–H and O–H groups in total. The number of nitrogens with zero attached hydrogens (tertiary/aromatic N) is 2. The Hall–Kier alpha value is -2.92. The molecule has 0 unspecified atom stereocenters. The SMILES string of the molecule is NC(=O)Cc1cccc(-n2cnc(-c3cccc(CO)c3)c2)c1. The number of aliphatic hydroxyl groups excluding tert-OH is 1. The maximum atomic E-state index is 11.0. The van der Waals surface area contributed by atoms with Gasteiger partial charge in [0.05, 0.1) is 25.0 Å². The highest BCUT2D eigenvalue weighted by molar-refractivity contribution is 5.76. The van der Waals surface area contributed by atoms with Gasteiger partial charge >= 0.3 is 0 Å². The Morgan fingerprint density at radius 3 is 2.70 bits per heavy atom. The van der Waals surface area contributed by atoms with E-state index in [9.17, 15) is 9.90 Å². The van der Waals surface area contributed by atoms with Crippen LogP contribution >= 0.6 is 0 Å². The smallest absolute Gasteiger partial charge is 0.221 e. The largest absolute Gasteiger partial charge is 0.392 e. The molecule has 5 heteroatoms. The summed E-state index contributed by atoms with van der Waals surface area (Å²) in [6.45, 7) is 0.00368. The monoisotopic (exact) mass is 307 g/mol. The Morgan fingerprint density at radius 2 is 1.91 bits per heavy atom. The van der Waals surface area contributed by atoms with Gasteiger partial charge in [-0.05, 0) is 29.3 Å². The number of aliphatic hydroxyl groups is 1. The predicted molar refractivity (Wildman–Crippen MR) is 87.8 cm³/mol. The number of nitrogens with two attached hydrogens (primary N) is 1. The van der Waals surface area contributed by atoms with Crippen molar-refractivity contribution in [1.29, 1.82) is 0 Å². The maximum absolute atomic E-state index is 11.0. The van der Waals surface area contributed by atoms with E-state index in [1.54, 1.807) is 6.33 Å². The number of benzene rings is 2. The number of rotatable bonds is 5. The average Bonchev–Trinajstić information content (AvgIpc) is 3.04. The Balaban J connectivity index is 1.91.